The first kappa shape index (κ1) is 18.0. The fraction of sp³-hybridized carbons (Fsp3) is 0.0588. The Morgan fingerprint density at radius 2 is 1.76 bits per heavy atom. The number of nitrogens with one attached hydrogen (secondary N) is 1. The van der Waals surface area contributed by atoms with Gasteiger partial charge >= 0.3 is 5.97 Å². The largest absolute Gasteiger partial charge is 0.451 e. The van der Waals surface area contributed by atoms with Gasteiger partial charge in [0.05, 0.1) is 20.8 Å². The molecule has 4 nitrogen and oxygen atoms in total. The fourth-order valence-corrected chi connectivity index (χ4v) is 3.88. The van der Waals surface area contributed by atoms with Crippen LogP contribution in [0.5, 0.6) is 0 Å². The molecule has 0 spiro atoms. The molecule has 0 aliphatic heterocycles. The first-order chi connectivity index (χ1) is 12.0. The van der Waals surface area contributed by atoms with Crippen LogP contribution in [0.15, 0.2) is 42.5 Å². The quantitative estimate of drug-likeness (QED) is 0.561. The number of carbonyl (C=O) groups is 2. The maximum absolute atomic E-state index is 12.2. The van der Waals surface area contributed by atoms with E-state index in [4.69, 9.17) is 39.5 Å². The molecule has 0 atom stereocenters. The molecule has 0 fully saturated rings. The number of rotatable bonds is 4. The lowest BCUT2D eigenvalue weighted by molar-refractivity contribution is -0.119. The minimum absolute atomic E-state index is 0.219. The van der Waals surface area contributed by atoms with Crippen LogP contribution in [-0.2, 0) is 9.53 Å². The summed E-state index contributed by atoms with van der Waals surface area (Å²) in [6, 6.07) is 12.2. The highest BCUT2D eigenvalue weighted by atomic mass is 35.5. The van der Waals surface area contributed by atoms with E-state index in [-0.39, 0.29) is 9.90 Å². The molecule has 0 saturated heterocycles. The zero-order valence-corrected chi connectivity index (χ0v) is 15.6. The molecule has 0 aliphatic rings. The standard InChI is InChI=1S/C17H10Cl3NO3S/c18-10-5-3-6-11(15(10)20)21-13(22)8-24-17(23)16-14(19)9-4-1-2-7-12(9)25-16/h1-7H,8H2,(H,21,22). The van der Waals surface area contributed by atoms with Crippen LogP contribution in [-0.4, -0.2) is 18.5 Å². The summed E-state index contributed by atoms with van der Waals surface area (Å²) in [7, 11) is 0. The van der Waals surface area contributed by atoms with Crippen molar-refractivity contribution < 1.29 is 14.3 Å². The van der Waals surface area contributed by atoms with Crippen LogP contribution >= 0.6 is 46.1 Å². The number of fused-ring (bicyclic) bond motifs is 1. The summed E-state index contributed by atoms with van der Waals surface area (Å²) in [6.07, 6.45) is 0. The molecule has 2 aromatic carbocycles. The fourth-order valence-electron chi connectivity index (χ4n) is 2.13. The average molecular weight is 415 g/mol. The summed E-state index contributed by atoms with van der Waals surface area (Å²) in [5.41, 5.74) is 0.343. The highest BCUT2D eigenvalue weighted by Crippen LogP contribution is 2.35. The molecule has 0 aliphatic carbocycles. The Morgan fingerprint density at radius 1 is 1.00 bits per heavy atom. The lowest BCUT2D eigenvalue weighted by atomic mass is 10.2. The highest BCUT2D eigenvalue weighted by molar-refractivity contribution is 7.21. The second-order valence-corrected chi connectivity index (χ2v) is 7.18. The molecule has 1 amide bonds. The van der Waals surface area contributed by atoms with Gasteiger partial charge in [-0.15, -0.1) is 11.3 Å². The molecule has 25 heavy (non-hydrogen) atoms. The van der Waals surface area contributed by atoms with Crippen LogP contribution < -0.4 is 5.32 Å². The Bertz CT molecular complexity index is 971. The molecule has 128 valence electrons. The molecule has 1 heterocycles. The molecule has 0 unspecified atom stereocenters. The van der Waals surface area contributed by atoms with Gasteiger partial charge in [-0.25, -0.2) is 4.79 Å². The summed E-state index contributed by atoms with van der Waals surface area (Å²) in [5, 5.41) is 4.17. The number of thiophene rings is 1. The Balaban J connectivity index is 1.66. The first-order valence-electron chi connectivity index (χ1n) is 7.05. The van der Waals surface area contributed by atoms with Crippen molar-refractivity contribution in [3.63, 3.8) is 0 Å². The molecule has 0 saturated carbocycles. The molecule has 0 bridgehead atoms. The molecular weight excluding hydrogens is 405 g/mol. The van der Waals surface area contributed by atoms with Crippen molar-refractivity contribution in [3.8, 4) is 0 Å². The normalized spacial score (nSPS) is 10.7. The third-order valence-electron chi connectivity index (χ3n) is 3.28. The third kappa shape index (κ3) is 3.90. The number of carbonyl (C=O) groups excluding carboxylic acids is 2. The van der Waals surface area contributed by atoms with Gasteiger partial charge in [0.1, 0.15) is 4.88 Å². The van der Waals surface area contributed by atoms with Crippen molar-refractivity contribution in [3.05, 3.63) is 62.4 Å². The number of ether oxygens (including phenoxy) is 1. The number of anilines is 1. The van der Waals surface area contributed by atoms with E-state index in [2.05, 4.69) is 5.32 Å². The van der Waals surface area contributed by atoms with Crippen LogP contribution in [0, 0.1) is 0 Å². The van der Waals surface area contributed by atoms with E-state index in [0.717, 1.165) is 10.1 Å². The van der Waals surface area contributed by atoms with E-state index in [1.165, 1.54) is 11.3 Å². The van der Waals surface area contributed by atoms with Gasteiger partial charge in [0.25, 0.3) is 5.91 Å². The lowest BCUT2D eigenvalue weighted by Crippen LogP contribution is -2.20. The molecule has 0 radical (unpaired) electrons. The zero-order chi connectivity index (χ0) is 18.0. The SMILES string of the molecule is O=C(COC(=O)c1sc2ccccc2c1Cl)Nc1cccc(Cl)c1Cl. The van der Waals surface area contributed by atoms with Gasteiger partial charge < -0.3 is 10.1 Å². The van der Waals surface area contributed by atoms with E-state index in [9.17, 15) is 9.59 Å². The van der Waals surface area contributed by atoms with Gasteiger partial charge in [-0.2, -0.15) is 0 Å². The number of esters is 1. The van der Waals surface area contributed by atoms with Gasteiger partial charge in [0, 0.05) is 10.1 Å². The van der Waals surface area contributed by atoms with E-state index in [1.54, 1.807) is 18.2 Å². The Kier molecular flexibility index (Phi) is 5.49. The van der Waals surface area contributed by atoms with Crippen LogP contribution in [0.4, 0.5) is 5.69 Å². The van der Waals surface area contributed by atoms with Crippen LogP contribution in [0.2, 0.25) is 15.1 Å². The van der Waals surface area contributed by atoms with E-state index < -0.39 is 18.5 Å². The smallest absolute Gasteiger partial charge is 0.350 e. The van der Waals surface area contributed by atoms with Gasteiger partial charge in [-0.05, 0) is 18.2 Å². The molecule has 3 rings (SSSR count). The third-order valence-corrected chi connectivity index (χ3v) is 5.75. The van der Waals surface area contributed by atoms with Crippen molar-refractivity contribution in [1.82, 2.24) is 0 Å². The number of hydrogen-bond acceptors (Lipinski definition) is 4. The Hall–Kier alpha value is -1.79. The van der Waals surface area contributed by atoms with Crippen molar-refractivity contribution in [1.29, 1.82) is 0 Å². The van der Waals surface area contributed by atoms with Crippen LogP contribution in [0.1, 0.15) is 9.67 Å². The van der Waals surface area contributed by atoms with Gasteiger partial charge in [-0.3, -0.25) is 4.79 Å². The highest BCUT2D eigenvalue weighted by Gasteiger charge is 2.19. The lowest BCUT2D eigenvalue weighted by Gasteiger charge is -2.08. The monoisotopic (exact) mass is 413 g/mol. The van der Waals surface area contributed by atoms with Crippen molar-refractivity contribution in [2.24, 2.45) is 0 Å². The van der Waals surface area contributed by atoms with Crippen LogP contribution in [0.25, 0.3) is 10.1 Å². The number of hydrogen-bond donors (Lipinski definition) is 1. The average Bonchev–Trinajstić information content (AvgIpc) is 2.94. The number of benzene rings is 2. The number of amides is 1. The summed E-state index contributed by atoms with van der Waals surface area (Å²) in [5.74, 6) is -1.19. The number of halogens is 3. The van der Waals surface area contributed by atoms with Crippen molar-refractivity contribution >= 4 is 73.8 Å². The maximum Gasteiger partial charge on any atom is 0.350 e. The zero-order valence-electron chi connectivity index (χ0n) is 12.5. The van der Waals surface area contributed by atoms with Gasteiger partial charge in [-0.1, -0.05) is 59.1 Å². The maximum atomic E-state index is 12.2. The second kappa shape index (κ2) is 7.62. The Morgan fingerprint density at radius 3 is 2.52 bits per heavy atom. The minimum Gasteiger partial charge on any atom is -0.451 e. The summed E-state index contributed by atoms with van der Waals surface area (Å²) >= 11 is 19.3. The summed E-state index contributed by atoms with van der Waals surface area (Å²) in [4.78, 5) is 24.4. The topological polar surface area (TPSA) is 55.4 Å². The second-order valence-electron chi connectivity index (χ2n) is 4.97. The molecule has 1 N–H and O–H groups in total. The molecular formula is C17H10Cl3NO3S. The first-order valence-corrected chi connectivity index (χ1v) is 9.00. The van der Waals surface area contributed by atoms with Crippen molar-refractivity contribution in [2.45, 2.75) is 0 Å². The molecule has 1 aromatic heterocycles. The predicted octanol–water partition coefficient (Wildman–Crippen LogP) is 5.66. The molecule has 8 heteroatoms. The van der Waals surface area contributed by atoms with E-state index in [1.807, 2.05) is 24.3 Å². The summed E-state index contributed by atoms with van der Waals surface area (Å²) < 4.78 is 5.91. The van der Waals surface area contributed by atoms with Crippen LogP contribution in [0.3, 0.4) is 0 Å². The van der Waals surface area contributed by atoms with Crippen molar-refractivity contribution in [2.75, 3.05) is 11.9 Å². The minimum atomic E-state index is -0.654. The van der Waals surface area contributed by atoms with Gasteiger partial charge in [0.15, 0.2) is 6.61 Å². The van der Waals surface area contributed by atoms with E-state index in [0.29, 0.717) is 15.7 Å². The van der Waals surface area contributed by atoms with E-state index >= 15 is 0 Å². The van der Waals surface area contributed by atoms with Gasteiger partial charge in [0.2, 0.25) is 0 Å². The predicted molar refractivity (Wildman–Crippen MR) is 102 cm³/mol. The summed E-state index contributed by atoms with van der Waals surface area (Å²) in [6.45, 7) is -0.466. The Labute approximate surface area is 162 Å². The molecule has 3 aromatic rings.